The normalized spacial score (nSPS) is 12.8. The summed E-state index contributed by atoms with van der Waals surface area (Å²) in [6.07, 6.45) is 0. The van der Waals surface area contributed by atoms with Crippen LogP contribution in [0.2, 0.25) is 5.02 Å². The zero-order chi connectivity index (χ0) is 12.6. The summed E-state index contributed by atoms with van der Waals surface area (Å²) in [7, 11) is 1.42. The molecule has 0 aliphatic carbocycles. The van der Waals surface area contributed by atoms with Crippen LogP contribution in [0, 0.1) is 0 Å². The number of hydrogen-bond acceptors (Lipinski definition) is 2. The Morgan fingerprint density at radius 3 is 2.38 bits per heavy atom. The molecule has 0 radical (unpaired) electrons. The molecule has 0 aromatic heterocycles. The van der Waals surface area contributed by atoms with Gasteiger partial charge in [0.1, 0.15) is 5.67 Å². The summed E-state index contributed by atoms with van der Waals surface area (Å²) in [5, 5.41) is 0.199. The number of halogens is 3. The Kier molecular flexibility index (Phi) is 3.87. The van der Waals surface area contributed by atoms with Gasteiger partial charge in [-0.05, 0) is 25.5 Å². The maximum absolute atomic E-state index is 13.9. The molecule has 1 rings (SSSR count). The van der Waals surface area contributed by atoms with Gasteiger partial charge in [0.2, 0.25) is 9.05 Å². The molecule has 0 atom stereocenters. The highest BCUT2D eigenvalue weighted by molar-refractivity contribution is 8.13. The molecular formula is C10H11Cl2FO2S. The standard InChI is InChI=1S/C10H11Cl2FO2S/c1-10(2,13)9-7(6-16(12,14)15)4-3-5-8(9)11/h3-5H,6H2,1-2H3. The van der Waals surface area contributed by atoms with Gasteiger partial charge in [-0.25, -0.2) is 12.8 Å². The highest BCUT2D eigenvalue weighted by atomic mass is 35.7. The third-order valence-corrected chi connectivity index (χ3v) is 3.32. The Morgan fingerprint density at radius 2 is 1.94 bits per heavy atom. The molecule has 0 saturated heterocycles. The van der Waals surface area contributed by atoms with Gasteiger partial charge in [0, 0.05) is 21.3 Å². The number of rotatable bonds is 3. The lowest BCUT2D eigenvalue weighted by molar-refractivity contribution is 0.220. The molecule has 0 aliphatic heterocycles. The van der Waals surface area contributed by atoms with E-state index in [1.54, 1.807) is 6.07 Å². The van der Waals surface area contributed by atoms with Crippen molar-refractivity contribution in [2.45, 2.75) is 25.3 Å². The first-order valence-corrected chi connectivity index (χ1v) is 7.36. The largest absolute Gasteiger partial charge is 0.239 e. The first kappa shape index (κ1) is 13.7. The van der Waals surface area contributed by atoms with E-state index in [0.717, 1.165) is 0 Å². The summed E-state index contributed by atoms with van der Waals surface area (Å²) in [6.45, 7) is 2.64. The second-order valence-corrected chi connectivity index (χ2v) is 7.11. The SMILES string of the molecule is CC(C)(F)c1c(Cl)cccc1CS(=O)(=O)Cl. The van der Waals surface area contributed by atoms with Gasteiger partial charge in [-0.1, -0.05) is 23.7 Å². The molecule has 0 N–H and O–H groups in total. The summed E-state index contributed by atoms with van der Waals surface area (Å²) >= 11 is 5.86. The molecule has 1 aromatic carbocycles. The Morgan fingerprint density at radius 1 is 1.38 bits per heavy atom. The molecule has 0 spiro atoms. The Labute approximate surface area is 104 Å². The average Bonchev–Trinajstić information content (AvgIpc) is 1.97. The van der Waals surface area contributed by atoms with E-state index >= 15 is 0 Å². The van der Waals surface area contributed by atoms with Crippen LogP contribution in [-0.2, 0) is 20.5 Å². The predicted octanol–water partition coefficient (Wildman–Crippen LogP) is 3.61. The topological polar surface area (TPSA) is 34.1 Å². The van der Waals surface area contributed by atoms with Crippen LogP contribution >= 0.6 is 22.3 Å². The fourth-order valence-corrected chi connectivity index (χ4v) is 2.92. The van der Waals surface area contributed by atoms with Crippen LogP contribution in [0.5, 0.6) is 0 Å². The quantitative estimate of drug-likeness (QED) is 0.795. The minimum atomic E-state index is -3.73. The van der Waals surface area contributed by atoms with Crippen molar-refractivity contribution in [1.82, 2.24) is 0 Å². The minimum Gasteiger partial charge on any atom is -0.239 e. The maximum Gasteiger partial charge on any atom is 0.236 e. The van der Waals surface area contributed by atoms with Gasteiger partial charge in [-0.2, -0.15) is 0 Å². The van der Waals surface area contributed by atoms with Gasteiger partial charge in [-0.15, -0.1) is 0 Å². The molecule has 6 heteroatoms. The maximum atomic E-state index is 13.9. The molecular weight excluding hydrogens is 274 g/mol. The van der Waals surface area contributed by atoms with E-state index < -0.39 is 20.5 Å². The van der Waals surface area contributed by atoms with Crippen molar-refractivity contribution < 1.29 is 12.8 Å². The lowest BCUT2D eigenvalue weighted by Crippen LogP contribution is -2.14. The molecule has 1 aromatic rings. The van der Waals surface area contributed by atoms with Crippen molar-refractivity contribution in [3.8, 4) is 0 Å². The molecule has 2 nitrogen and oxygen atoms in total. The minimum absolute atomic E-state index is 0.167. The van der Waals surface area contributed by atoms with Gasteiger partial charge >= 0.3 is 0 Å². The van der Waals surface area contributed by atoms with E-state index in [4.69, 9.17) is 22.3 Å². The van der Waals surface area contributed by atoms with Crippen LogP contribution in [0.4, 0.5) is 4.39 Å². The lowest BCUT2D eigenvalue weighted by atomic mass is 9.95. The summed E-state index contributed by atoms with van der Waals surface area (Å²) in [5.41, 5.74) is -1.26. The lowest BCUT2D eigenvalue weighted by Gasteiger charge is -2.20. The highest BCUT2D eigenvalue weighted by Crippen LogP contribution is 2.35. The van der Waals surface area contributed by atoms with Gasteiger partial charge < -0.3 is 0 Å². The zero-order valence-electron chi connectivity index (χ0n) is 8.80. The van der Waals surface area contributed by atoms with E-state index in [1.807, 2.05) is 0 Å². The smallest absolute Gasteiger partial charge is 0.236 e. The molecule has 16 heavy (non-hydrogen) atoms. The molecule has 0 fully saturated rings. The van der Waals surface area contributed by atoms with Crippen LogP contribution in [0.15, 0.2) is 18.2 Å². The Hall–Kier alpha value is -0.320. The van der Waals surface area contributed by atoms with Crippen molar-refractivity contribution >= 4 is 31.3 Å². The first-order chi connectivity index (χ1) is 7.11. The van der Waals surface area contributed by atoms with E-state index in [9.17, 15) is 12.8 Å². The third kappa shape index (κ3) is 3.61. The van der Waals surface area contributed by atoms with Crippen LogP contribution in [-0.4, -0.2) is 8.42 Å². The van der Waals surface area contributed by atoms with Crippen LogP contribution in [0.1, 0.15) is 25.0 Å². The number of benzene rings is 1. The summed E-state index contributed by atoms with van der Waals surface area (Å²) in [4.78, 5) is 0. The van der Waals surface area contributed by atoms with E-state index in [2.05, 4.69) is 0 Å². The van der Waals surface area contributed by atoms with E-state index in [1.165, 1.54) is 26.0 Å². The van der Waals surface area contributed by atoms with Crippen molar-refractivity contribution in [3.63, 3.8) is 0 Å². The van der Waals surface area contributed by atoms with E-state index in [0.29, 0.717) is 0 Å². The van der Waals surface area contributed by atoms with Gasteiger partial charge in [-0.3, -0.25) is 0 Å². The summed E-state index contributed by atoms with van der Waals surface area (Å²) in [5.74, 6) is -0.433. The monoisotopic (exact) mass is 284 g/mol. The van der Waals surface area contributed by atoms with Crippen LogP contribution in [0.3, 0.4) is 0 Å². The summed E-state index contributed by atoms with van der Waals surface area (Å²) in [6, 6.07) is 4.58. The van der Waals surface area contributed by atoms with Gasteiger partial charge in [0.15, 0.2) is 0 Å². The van der Waals surface area contributed by atoms with Crippen LogP contribution < -0.4 is 0 Å². The highest BCUT2D eigenvalue weighted by Gasteiger charge is 2.26. The second-order valence-electron chi connectivity index (χ2n) is 3.93. The fraction of sp³-hybridized carbons (Fsp3) is 0.400. The molecule has 0 amide bonds. The van der Waals surface area contributed by atoms with E-state index in [-0.39, 0.29) is 16.1 Å². The van der Waals surface area contributed by atoms with Crippen molar-refractivity contribution in [2.24, 2.45) is 0 Å². The molecule has 0 bridgehead atoms. The molecule has 0 aliphatic rings. The predicted molar refractivity (Wildman–Crippen MR) is 64.1 cm³/mol. The number of alkyl halides is 1. The average molecular weight is 285 g/mol. The molecule has 0 unspecified atom stereocenters. The van der Waals surface area contributed by atoms with Crippen LogP contribution in [0.25, 0.3) is 0 Å². The van der Waals surface area contributed by atoms with Crippen molar-refractivity contribution in [2.75, 3.05) is 0 Å². The molecule has 0 saturated carbocycles. The van der Waals surface area contributed by atoms with Crippen molar-refractivity contribution in [1.29, 1.82) is 0 Å². The second kappa shape index (κ2) is 4.51. The zero-order valence-corrected chi connectivity index (χ0v) is 11.1. The first-order valence-electron chi connectivity index (χ1n) is 4.50. The summed E-state index contributed by atoms with van der Waals surface area (Å²) < 4.78 is 35.9. The van der Waals surface area contributed by atoms with Crippen molar-refractivity contribution in [3.05, 3.63) is 34.3 Å². The molecule has 90 valence electrons. The Bertz CT molecular complexity index is 492. The molecule has 0 heterocycles. The fourth-order valence-electron chi connectivity index (χ4n) is 1.54. The van der Waals surface area contributed by atoms with Gasteiger partial charge in [0.05, 0.1) is 5.75 Å². The number of hydrogen-bond donors (Lipinski definition) is 0. The van der Waals surface area contributed by atoms with Gasteiger partial charge in [0.25, 0.3) is 0 Å². The third-order valence-electron chi connectivity index (χ3n) is 2.02. The Balaban J connectivity index is 3.35.